The van der Waals surface area contributed by atoms with Crippen molar-refractivity contribution in [3.05, 3.63) is 70.8 Å². The molecule has 0 saturated carbocycles. The van der Waals surface area contributed by atoms with Gasteiger partial charge in [0.1, 0.15) is 12.1 Å². The minimum atomic E-state index is -1.05. The van der Waals surface area contributed by atoms with Crippen LogP contribution in [0.2, 0.25) is 0 Å². The first-order valence-corrected chi connectivity index (χ1v) is 15.2. The summed E-state index contributed by atoms with van der Waals surface area (Å²) in [6.07, 6.45) is 1.22. The summed E-state index contributed by atoms with van der Waals surface area (Å²) in [4.78, 5) is 82.9. The minimum Gasteiger partial charge on any atom is -0.319 e. The fourth-order valence-electron chi connectivity index (χ4n) is 5.39. The number of hydrogen-bond donors (Lipinski definition) is 2. The highest BCUT2D eigenvalue weighted by Gasteiger charge is 2.43. The van der Waals surface area contributed by atoms with Crippen molar-refractivity contribution in [3.8, 4) is 0 Å². The van der Waals surface area contributed by atoms with Gasteiger partial charge in [0.25, 0.3) is 23.6 Å². The third kappa shape index (κ3) is 6.44. The number of benzene rings is 2. The molecule has 0 bridgehead atoms. The molecule has 2 unspecified atom stereocenters. The monoisotopic (exact) mass is 602 g/mol. The van der Waals surface area contributed by atoms with Crippen molar-refractivity contribution in [2.45, 2.75) is 92.4 Å². The summed E-state index contributed by atoms with van der Waals surface area (Å²) in [5, 5.41) is 0. The average molecular weight is 603 g/mol. The van der Waals surface area contributed by atoms with Crippen LogP contribution in [0.5, 0.6) is 0 Å². The van der Waals surface area contributed by atoms with Gasteiger partial charge in [-0.25, -0.2) is 0 Å². The molecule has 0 spiro atoms. The van der Waals surface area contributed by atoms with Crippen LogP contribution in [0.1, 0.15) is 76.6 Å². The van der Waals surface area contributed by atoms with Gasteiger partial charge in [-0.1, -0.05) is 90.1 Å². The van der Waals surface area contributed by atoms with Crippen molar-refractivity contribution in [2.75, 3.05) is 0 Å². The molecule has 2 heterocycles. The zero-order valence-corrected chi connectivity index (χ0v) is 26.4. The molecule has 2 N–H and O–H groups in total. The topological polar surface area (TPSA) is 133 Å². The van der Waals surface area contributed by atoms with Crippen molar-refractivity contribution in [3.63, 3.8) is 0 Å². The maximum atomic E-state index is 13.6. The third-order valence-corrected chi connectivity index (χ3v) is 9.32. The molecule has 10 heteroatoms. The fraction of sp³-hybridized carbons (Fsp3) is 0.471. The van der Waals surface area contributed by atoms with E-state index in [2.05, 4.69) is 10.9 Å². The number of nitrogens with zero attached hydrogens (tertiary/aromatic N) is 2. The largest absolute Gasteiger partial charge is 0.319 e. The number of carbonyl (C=O) groups is 6. The van der Waals surface area contributed by atoms with Crippen molar-refractivity contribution in [2.24, 2.45) is 10.8 Å². The van der Waals surface area contributed by atoms with E-state index < -0.39 is 58.1 Å². The normalized spacial score (nSPS) is 18.0. The summed E-state index contributed by atoms with van der Waals surface area (Å²) < 4.78 is 0. The maximum absolute atomic E-state index is 13.6. The van der Waals surface area contributed by atoms with E-state index in [4.69, 9.17) is 0 Å². The summed E-state index contributed by atoms with van der Waals surface area (Å²) in [7, 11) is 0. The molecular formula is C34H42N4O6. The van der Waals surface area contributed by atoms with Gasteiger partial charge in [-0.3, -0.25) is 39.6 Å². The molecule has 234 valence electrons. The Morgan fingerprint density at radius 2 is 0.932 bits per heavy atom. The quantitative estimate of drug-likeness (QED) is 0.353. The van der Waals surface area contributed by atoms with Gasteiger partial charge in [-0.2, -0.15) is 0 Å². The van der Waals surface area contributed by atoms with Gasteiger partial charge >= 0.3 is 0 Å². The summed E-state index contributed by atoms with van der Waals surface area (Å²) >= 11 is 0. The van der Waals surface area contributed by atoms with E-state index in [1.807, 2.05) is 62.4 Å². The van der Waals surface area contributed by atoms with E-state index in [9.17, 15) is 28.8 Å². The first-order chi connectivity index (χ1) is 20.7. The molecule has 0 aromatic heterocycles. The van der Waals surface area contributed by atoms with Gasteiger partial charge in [0, 0.05) is 36.8 Å². The number of hydrogen-bond acceptors (Lipinski definition) is 6. The van der Waals surface area contributed by atoms with Crippen molar-refractivity contribution in [1.82, 2.24) is 20.7 Å². The summed E-state index contributed by atoms with van der Waals surface area (Å²) in [5.74, 6) is -4.01. The van der Waals surface area contributed by atoms with Crippen molar-refractivity contribution in [1.29, 1.82) is 0 Å². The van der Waals surface area contributed by atoms with Gasteiger partial charge in [-0.15, -0.1) is 0 Å². The Hall–Kier alpha value is -4.34. The Labute approximate surface area is 258 Å². The highest BCUT2D eigenvalue weighted by Crippen LogP contribution is 2.29. The van der Waals surface area contributed by atoms with E-state index in [0.29, 0.717) is 12.8 Å². The summed E-state index contributed by atoms with van der Waals surface area (Å²) in [6.45, 7) is 10.6. The molecule has 4 rings (SSSR count). The Bertz CT molecular complexity index is 1380. The lowest BCUT2D eigenvalue weighted by Gasteiger charge is -2.38. The van der Waals surface area contributed by atoms with E-state index in [0.717, 1.165) is 22.3 Å². The van der Waals surface area contributed by atoms with Crippen LogP contribution in [0.15, 0.2) is 48.5 Å². The lowest BCUT2D eigenvalue weighted by atomic mass is 9.83. The number of Topliss-reactive ketones (excluding diaryl/α,β-unsaturated/α-hetero) is 2. The standard InChI is InChI=1S/C34H42N4O6/c1-7-33(3,4)27(39)31(43)37-19-23-15-11-9-13-21(23)17-25(37)29(41)35-36-30(42)26-18-22-14-10-12-16-24(22)20-38(26)32(44)28(40)34(5,6)8-2/h9-16,25-26H,7-8,17-20H2,1-6H3,(H,35,41)(H,36,42). The Morgan fingerprint density at radius 3 is 1.25 bits per heavy atom. The molecular weight excluding hydrogens is 560 g/mol. The fourth-order valence-corrected chi connectivity index (χ4v) is 5.39. The molecule has 0 saturated heterocycles. The van der Waals surface area contributed by atoms with Crippen LogP contribution >= 0.6 is 0 Å². The van der Waals surface area contributed by atoms with Crippen LogP contribution in [0.3, 0.4) is 0 Å². The molecule has 0 fully saturated rings. The summed E-state index contributed by atoms with van der Waals surface area (Å²) in [5.41, 5.74) is 6.49. The molecule has 2 aliphatic heterocycles. The van der Waals surface area contributed by atoms with E-state index in [1.165, 1.54) is 9.80 Å². The number of fused-ring (bicyclic) bond motifs is 2. The average Bonchev–Trinajstić information content (AvgIpc) is 3.04. The Morgan fingerprint density at radius 1 is 0.614 bits per heavy atom. The van der Waals surface area contributed by atoms with Gasteiger partial charge in [-0.05, 0) is 35.1 Å². The first-order valence-electron chi connectivity index (χ1n) is 15.2. The highest BCUT2D eigenvalue weighted by atomic mass is 16.2. The zero-order chi connectivity index (χ0) is 32.4. The van der Waals surface area contributed by atoms with Crippen molar-refractivity contribution >= 4 is 35.2 Å². The molecule has 0 aliphatic carbocycles. The minimum absolute atomic E-state index is 0.0730. The number of hydrazine groups is 1. The van der Waals surface area contributed by atoms with E-state index >= 15 is 0 Å². The van der Waals surface area contributed by atoms with Crippen molar-refractivity contribution < 1.29 is 28.8 Å². The van der Waals surface area contributed by atoms with E-state index in [1.54, 1.807) is 27.7 Å². The second-order valence-electron chi connectivity index (χ2n) is 13.0. The second kappa shape index (κ2) is 12.7. The van der Waals surface area contributed by atoms with Gasteiger partial charge < -0.3 is 9.80 Å². The Balaban J connectivity index is 1.56. The van der Waals surface area contributed by atoms with Crippen LogP contribution in [0, 0.1) is 10.8 Å². The number of rotatable bonds is 8. The predicted molar refractivity (Wildman–Crippen MR) is 163 cm³/mol. The number of nitrogens with one attached hydrogen (secondary N) is 2. The van der Waals surface area contributed by atoms with Crippen LogP contribution < -0.4 is 10.9 Å². The molecule has 4 amide bonds. The third-order valence-electron chi connectivity index (χ3n) is 9.32. The lowest BCUT2D eigenvalue weighted by Crippen LogP contribution is -2.61. The lowest BCUT2D eigenvalue weighted by molar-refractivity contribution is -0.155. The van der Waals surface area contributed by atoms with Gasteiger partial charge in [0.05, 0.1) is 0 Å². The second-order valence-corrected chi connectivity index (χ2v) is 13.0. The van der Waals surface area contributed by atoms with E-state index in [-0.39, 0.29) is 25.9 Å². The van der Waals surface area contributed by atoms with Crippen LogP contribution in [-0.4, -0.2) is 57.1 Å². The number of amides is 4. The Kier molecular flexibility index (Phi) is 9.41. The first kappa shape index (κ1) is 32.6. The predicted octanol–water partition coefficient (Wildman–Crippen LogP) is 3.05. The summed E-state index contributed by atoms with van der Waals surface area (Å²) in [6, 6.07) is 12.7. The van der Waals surface area contributed by atoms with Gasteiger partial charge in [0.15, 0.2) is 0 Å². The zero-order valence-electron chi connectivity index (χ0n) is 26.4. The smallest absolute Gasteiger partial charge is 0.291 e. The molecule has 2 aromatic carbocycles. The molecule has 2 aliphatic rings. The molecule has 10 nitrogen and oxygen atoms in total. The van der Waals surface area contributed by atoms with Crippen LogP contribution in [0.4, 0.5) is 0 Å². The molecule has 0 radical (unpaired) electrons. The highest BCUT2D eigenvalue weighted by molar-refractivity contribution is 6.38. The number of ketones is 2. The molecule has 44 heavy (non-hydrogen) atoms. The number of carbonyl (C=O) groups excluding carboxylic acids is 6. The van der Waals surface area contributed by atoms with Crippen LogP contribution in [0.25, 0.3) is 0 Å². The molecule has 2 atom stereocenters. The maximum Gasteiger partial charge on any atom is 0.291 e. The molecule has 2 aromatic rings. The SMILES string of the molecule is CCC(C)(C)C(=O)C(=O)N1Cc2ccccc2CC1C(=O)NNC(=O)C1Cc2ccccc2CN1C(=O)C(=O)C(C)(C)CC. The van der Waals surface area contributed by atoms with Crippen LogP contribution in [-0.2, 0) is 54.7 Å². The van der Waals surface area contributed by atoms with Gasteiger partial charge in [0.2, 0.25) is 11.6 Å².